The van der Waals surface area contributed by atoms with Crippen molar-refractivity contribution in [2.75, 3.05) is 19.6 Å². The molecule has 3 aromatic carbocycles. The average Bonchev–Trinajstić information content (AvgIpc) is 2.90. The topological polar surface area (TPSA) is 136 Å². The fraction of sp³-hybridized carbons (Fsp3) is 0.167. The highest BCUT2D eigenvalue weighted by molar-refractivity contribution is 7.89. The van der Waals surface area contributed by atoms with Gasteiger partial charge < -0.3 is 5.11 Å². The standard InChI is InChI=1S/C24H24N4O6S2/c29-23-14-8-7-9-19(23)17-25-26-24(30)22-18-27(35(31,32)20-10-3-1-4-11-20)15-16-28(22)36(33,34)21-12-5-2-6-13-21/h1-14,17,22,29H,15-16,18H2,(H,26,30)/b25-17+. The number of para-hydroxylation sites is 1. The Morgan fingerprint density at radius 1 is 0.833 bits per heavy atom. The van der Waals surface area contributed by atoms with Crippen molar-refractivity contribution in [3.05, 3.63) is 90.5 Å². The zero-order valence-electron chi connectivity index (χ0n) is 19.0. The van der Waals surface area contributed by atoms with Gasteiger partial charge in [-0.15, -0.1) is 0 Å². The van der Waals surface area contributed by atoms with E-state index in [1.807, 2.05) is 0 Å². The van der Waals surface area contributed by atoms with Crippen LogP contribution >= 0.6 is 0 Å². The summed E-state index contributed by atoms with van der Waals surface area (Å²) >= 11 is 0. The highest BCUT2D eigenvalue weighted by Gasteiger charge is 2.43. The Kier molecular flexibility index (Phi) is 7.50. The second-order valence-electron chi connectivity index (χ2n) is 7.91. The van der Waals surface area contributed by atoms with Gasteiger partial charge in [0.05, 0.1) is 16.0 Å². The molecule has 3 aromatic rings. The van der Waals surface area contributed by atoms with Crippen molar-refractivity contribution in [1.29, 1.82) is 0 Å². The summed E-state index contributed by atoms with van der Waals surface area (Å²) in [5.74, 6) is -0.865. The second kappa shape index (κ2) is 10.6. The summed E-state index contributed by atoms with van der Waals surface area (Å²) in [5, 5.41) is 13.7. The predicted molar refractivity (Wildman–Crippen MR) is 133 cm³/mol. The first-order chi connectivity index (χ1) is 17.2. The lowest BCUT2D eigenvalue weighted by atomic mass is 10.2. The van der Waals surface area contributed by atoms with Gasteiger partial charge in [-0.2, -0.15) is 13.7 Å². The molecule has 0 aliphatic carbocycles. The summed E-state index contributed by atoms with van der Waals surface area (Å²) in [5.41, 5.74) is 2.62. The number of sulfonamides is 2. The summed E-state index contributed by atoms with van der Waals surface area (Å²) in [6.07, 6.45) is 1.21. The van der Waals surface area contributed by atoms with E-state index in [1.54, 1.807) is 54.6 Å². The van der Waals surface area contributed by atoms with Crippen LogP contribution in [0, 0.1) is 0 Å². The molecule has 1 heterocycles. The van der Waals surface area contributed by atoms with Gasteiger partial charge in [0.15, 0.2) is 0 Å². The van der Waals surface area contributed by atoms with E-state index >= 15 is 0 Å². The van der Waals surface area contributed by atoms with Gasteiger partial charge in [-0.3, -0.25) is 4.79 Å². The number of nitrogens with zero attached hydrogens (tertiary/aromatic N) is 3. The van der Waals surface area contributed by atoms with E-state index in [0.717, 1.165) is 8.61 Å². The molecule has 10 nitrogen and oxygen atoms in total. The van der Waals surface area contributed by atoms with E-state index < -0.39 is 38.5 Å². The van der Waals surface area contributed by atoms with E-state index in [2.05, 4.69) is 10.5 Å². The van der Waals surface area contributed by atoms with Crippen LogP contribution in [0.4, 0.5) is 0 Å². The number of benzene rings is 3. The Morgan fingerprint density at radius 2 is 1.39 bits per heavy atom. The molecule has 12 heteroatoms. The molecule has 1 fully saturated rings. The van der Waals surface area contributed by atoms with Crippen LogP contribution < -0.4 is 5.43 Å². The number of nitrogens with one attached hydrogen (secondary N) is 1. The molecule has 1 aliphatic heterocycles. The Hall–Kier alpha value is -3.58. The molecule has 0 radical (unpaired) electrons. The van der Waals surface area contributed by atoms with Gasteiger partial charge in [-0.05, 0) is 36.4 Å². The lowest BCUT2D eigenvalue weighted by Gasteiger charge is -2.38. The van der Waals surface area contributed by atoms with Crippen molar-refractivity contribution in [1.82, 2.24) is 14.0 Å². The third-order valence-electron chi connectivity index (χ3n) is 5.64. The number of aromatic hydroxyl groups is 1. The minimum absolute atomic E-state index is 0.0140. The van der Waals surface area contributed by atoms with Gasteiger partial charge in [0.2, 0.25) is 20.0 Å². The third-order valence-corrected chi connectivity index (χ3v) is 9.44. The molecule has 1 atom stereocenters. The monoisotopic (exact) mass is 528 g/mol. The number of hydrogen-bond donors (Lipinski definition) is 2. The smallest absolute Gasteiger partial charge is 0.259 e. The lowest BCUT2D eigenvalue weighted by Crippen LogP contribution is -2.60. The first kappa shape index (κ1) is 25.5. The molecule has 0 saturated carbocycles. The van der Waals surface area contributed by atoms with Gasteiger partial charge in [-0.1, -0.05) is 48.5 Å². The highest BCUT2D eigenvalue weighted by Crippen LogP contribution is 2.25. The molecular formula is C24H24N4O6S2. The zero-order valence-corrected chi connectivity index (χ0v) is 20.6. The first-order valence-corrected chi connectivity index (χ1v) is 13.8. The van der Waals surface area contributed by atoms with Gasteiger partial charge in [0, 0.05) is 25.2 Å². The molecule has 36 heavy (non-hydrogen) atoms. The van der Waals surface area contributed by atoms with Crippen LogP contribution in [-0.2, 0) is 24.8 Å². The number of carbonyl (C=O) groups excluding carboxylic acids is 1. The van der Waals surface area contributed by atoms with Crippen LogP contribution in [0.5, 0.6) is 5.75 Å². The number of phenolic OH excluding ortho intramolecular Hbond substituents is 1. The predicted octanol–water partition coefficient (Wildman–Crippen LogP) is 1.61. The molecule has 0 bridgehead atoms. The number of hydrazone groups is 1. The van der Waals surface area contributed by atoms with E-state index in [1.165, 1.54) is 36.5 Å². The van der Waals surface area contributed by atoms with Crippen molar-refractivity contribution < 1.29 is 26.7 Å². The SMILES string of the molecule is O=C(N/N=C/c1ccccc1O)C1CN(S(=O)(=O)c2ccccc2)CCN1S(=O)(=O)c1ccccc1. The molecular weight excluding hydrogens is 504 g/mol. The van der Waals surface area contributed by atoms with Gasteiger partial charge in [-0.25, -0.2) is 22.3 Å². The van der Waals surface area contributed by atoms with Crippen LogP contribution in [0.2, 0.25) is 0 Å². The number of rotatable bonds is 7. The zero-order chi connectivity index (χ0) is 25.8. The van der Waals surface area contributed by atoms with Gasteiger partial charge >= 0.3 is 0 Å². The first-order valence-electron chi connectivity index (χ1n) is 10.9. The number of piperazine rings is 1. The molecule has 1 amide bonds. The Balaban J connectivity index is 1.63. The van der Waals surface area contributed by atoms with Crippen LogP contribution in [0.25, 0.3) is 0 Å². The lowest BCUT2D eigenvalue weighted by molar-refractivity contribution is -0.125. The molecule has 4 rings (SSSR count). The molecule has 188 valence electrons. The molecule has 0 aromatic heterocycles. The summed E-state index contributed by atoms with van der Waals surface area (Å²) in [6, 6.07) is 20.3. The van der Waals surface area contributed by atoms with Crippen LogP contribution in [0.1, 0.15) is 5.56 Å². The van der Waals surface area contributed by atoms with E-state index in [4.69, 9.17) is 0 Å². The fourth-order valence-electron chi connectivity index (χ4n) is 3.77. The van der Waals surface area contributed by atoms with Crippen LogP contribution in [-0.4, -0.2) is 68.4 Å². The Morgan fingerprint density at radius 3 is 2.00 bits per heavy atom. The quantitative estimate of drug-likeness (QED) is 0.353. The molecule has 1 aliphatic rings. The van der Waals surface area contributed by atoms with E-state index in [9.17, 15) is 26.7 Å². The van der Waals surface area contributed by atoms with Gasteiger partial charge in [0.1, 0.15) is 11.8 Å². The van der Waals surface area contributed by atoms with Crippen molar-refractivity contribution >= 4 is 32.2 Å². The highest BCUT2D eigenvalue weighted by atomic mass is 32.2. The Labute approximate surface area is 209 Å². The normalized spacial score (nSPS) is 17.7. The molecule has 0 spiro atoms. The number of phenols is 1. The minimum Gasteiger partial charge on any atom is -0.507 e. The maximum atomic E-state index is 13.4. The molecule has 1 unspecified atom stereocenters. The number of hydrogen-bond acceptors (Lipinski definition) is 7. The maximum absolute atomic E-state index is 13.4. The van der Waals surface area contributed by atoms with Crippen LogP contribution in [0.3, 0.4) is 0 Å². The third kappa shape index (κ3) is 5.31. The average molecular weight is 529 g/mol. The number of amides is 1. The minimum atomic E-state index is -4.11. The summed E-state index contributed by atoms with van der Waals surface area (Å²) in [6.45, 7) is -0.764. The summed E-state index contributed by atoms with van der Waals surface area (Å²) in [4.78, 5) is 13.2. The summed E-state index contributed by atoms with van der Waals surface area (Å²) in [7, 11) is -8.09. The van der Waals surface area contributed by atoms with Crippen molar-refractivity contribution in [2.24, 2.45) is 5.10 Å². The summed E-state index contributed by atoms with van der Waals surface area (Å²) < 4.78 is 55.2. The van der Waals surface area contributed by atoms with E-state index in [0.29, 0.717) is 5.56 Å². The molecule has 2 N–H and O–H groups in total. The largest absolute Gasteiger partial charge is 0.507 e. The van der Waals surface area contributed by atoms with E-state index in [-0.39, 0.29) is 28.6 Å². The van der Waals surface area contributed by atoms with Crippen molar-refractivity contribution in [3.63, 3.8) is 0 Å². The number of carbonyl (C=O) groups is 1. The second-order valence-corrected chi connectivity index (χ2v) is 11.7. The van der Waals surface area contributed by atoms with Crippen molar-refractivity contribution in [3.8, 4) is 5.75 Å². The Bertz CT molecular complexity index is 1460. The maximum Gasteiger partial charge on any atom is 0.259 e. The molecule has 1 saturated heterocycles. The van der Waals surface area contributed by atoms with Crippen molar-refractivity contribution in [2.45, 2.75) is 15.8 Å². The van der Waals surface area contributed by atoms with Crippen LogP contribution in [0.15, 0.2) is 99.8 Å². The fourth-order valence-corrected chi connectivity index (χ4v) is 6.82. The van der Waals surface area contributed by atoms with Gasteiger partial charge in [0.25, 0.3) is 5.91 Å².